The maximum atomic E-state index is 10.5. The molecule has 0 spiro atoms. The van der Waals surface area contributed by atoms with Gasteiger partial charge in [0.1, 0.15) is 6.61 Å². The van der Waals surface area contributed by atoms with Gasteiger partial charge in [-0.25, -0.2) is 0 Å². The molecule has 0 aromatic carbocycles. The maximum absolute atomic E-state index is 10.5. The molecule has 0 saturated carbocycles. The fraction of sp³-hybridized carbons (Fsp3) is 0.250. The zero-order chi connectivity index (χ0) is 10.6. The van der Waals surface area contributed by atoms with Crippen LogP contribution in [-0.2, 0) is 14.3 Å². The number of halogens is 1. The zero-order valence-corrected chi connectivity index (χ0v) is 9.68. The summed E-state index contributed by atoms with van der Waals surface area (Å²) in [5, 5.41) is 0. The summed E-state index contributed by atoms with van der Waals surface area (Å²) in [7, 11) is -3.42. The minimum atomic E-state index is -3.42. The first-order valence-electron chi connectivity index (χ1n) is 3.56. The Kier molecular flexibility index (Phi) is 3.75. The molecule has 0 aliphatic heterocycles. The molecule has 0 amide bonds. The number of rotatable bonds is 2. The molecule has 4 nitrogen and oxygen atoms in total. The van der Waals surface area contributed by atoms with Gasteiger partial charge in [-0.15, -0.1) is 0 Å². The van der Waals surface area contributed by atoms with Crippen LogP contribution in [0.1, 0.15) is 5.76 Å². The van der Waals surface area contributed by atoms with E-state index in [1.165, 1.54) is 0 Å². The van der Waals surface area contributed by atoms with Crippen molar-refractivity contribution in [3.63, 3.8) is 0 Å². The molecule has 0 radical (unpaired) electrons. The Balaban J connectivity index is 2.50. The Labute approximate surface area is 90.5 Å². The summed E-state index contributed by atoms with van der Waals surface area (Å²) in [5.41, 5.74) is 0. The van der Waals surface area contributed by atoms with Gasteiger partial charge in [0.05, 0.1) is 6.26 Å². The van der Waals surface area contributed by atoms with Gasteiger partial charge in [0.15, 0.2) is 10.4 Å². The van der Waals surface area contributed by atoms with E-state index >= 15 is 0 Å². The molecule has 14 heavy (non-hydrogen) atoms. The van der Waals surface area contributed by atoms with Crippen molar-refractivity contribution in [2.45, 2.75) is 0 Å². The van der Waals surface area contributed by atoms with Crippen LogP contribution in [0.4, 0.5) is 0 Å². The first-order chi connectivity index (χ1) is 6.47. The highest BCUT2D eigenvalue weighted by atomic mass is 79.9. The highest BCUT2D eigenvalue weighted by molar-refractivity contribution is 9.10. The van der Waals surface area contributed by atoms with E-state index in [0.717, 1.165) is 6.26 Å². The first kappa shape index (κ1) is 11.3. The molecule has 1 heterocycles. The summed E-state index contributed by atoms with van der Waals surface area (Å²) < 4.78 is 31.1. The van der Waals surface area contributed by atoms with Crippen LogP contribution < -0.4 is 0 Å². The largest absolute Gasteiger partial charge is 0.441 e. The van der Waals surface area contributed by atoms with E-state index in [1.807, 2.05) is 0 Å². The van der Waals surface area contributed by atoms with Gasteiger partial charge in [0.25, 0.3) is 10.1 Å². The fourth-order valence-corrected chi connectivity index (χ4v) is 1.22. The summed E-state index contributed by atoms with van der Waals surface area (Å²) in [4.78, 5) is 0. The Morgan fingerprint density at radius 2 is 2.29 bits per heavy atom. The van der Waals surface area contributed by atoms with Crippen LogP contribution in [0.25, 0.3) is 0 Å². The van der Waals surface area contributed by atoms with Crippen molar-refractivity contribution in [1.29, 1.82) is 0 Å². The van der Waals surface area contributed by atoms with Crippen molar-refractivity contribution < 1.29 is 17.0 Å². The van der Waals surface area contributed by atoms with E-state index in [0.29, 0.717) is 10.4 Å². The van der Waals surface area contributed by atoms with E-state index < -0.39 is 10.1 Å². The standard InChI is InChI=1S/C8H7BrO4S/c1-14(10,11)12-6-2-3-7-4-5-8(9)13-7/h4-5H,6H2,1H3. The molecule has 0 atom stereocenters. The van der Waals surface area contributed by atoms with Gasteiger partial charge < -0.3 is 4.42 Å². The van der Waals surface area contributed by atoms with E-state index in [1.54, 1.807) is 12.1 Å². The van der Waals surface area contributed by atoms with E-state index in [4.69, 9.17) is 4.42 Å². The number of furan rings is 1. The van der Waals surface area contributed by atoms with E-state index in [9.17, 15) is 8.42 Å². The van der Waals surface area contributed by atoms with Gasteiger partial charge in [-0.05, 0) is 34.0 Å². The minimum absolute atomic E-state index is 0.169. The molecule has 76 valence electrons. The van der Waals surface area contributed by atoms with Crippen molar-refractivity contribution in [1.82, 2.24) is 0 Å². The predicted octanol–water partition coefficient (Wildman–Crippen LogP) is 1.37. The van der Waals surface area contributed by atoms with E-state index in [-0.39, 0.29) is 6.61 Å². The summed E-state index contributed by atoms with van der Waals surface area (Å²) in [6.45, 7) is -0.169. The van der Waals surface area contributed by atoms with Gasteiger partial charge in [0, 0.05) is 0 Å². The third-order valence-corrected chi connectivity index (χ3v) is 2.10. The van der Waals surface area contributed by atoms with Crippen molar-refractivity contribution in [2.24, 2.45) is 0 Å². The quantitative estimate of drug-likeness (QED) is 0.606. The molecule has 0 N–H and O–H groups in total. The average molecular weight is 279 g/mol. The van der Waals surface area contributed by atoms with Gasteiger partial charge in [0.2, 0.25) is 0 Å². The average Bonchev–Trinajstić information content (AvgIpc) is 2.44. The van der Waals surface area contributed by atoms with Crippen molar-refractivity contribution >= 4 is 26.0 Å². The Bertz CT molecular complexity index is 463. The molecule has 1 rings (SSSR count). The molecule has 0 saturated heterocycles. The normalized spacial score (nSPS) is 10.7. The van der Waals surface area contributed by atoms with Crippen LogP contribution in [-0.4, -0.2) is 21.3 Å². The number of hydrogen-bond donors (Lipinski definition) is 0. The topological polar surface area (TPSA) is 56.5 Å². The van der Waals surface area contributed by atoms with Gasteiger partial charge in [-0.3, -0.25) is 4.18 Å². The summed E-state index contributed by atoms with van der Waals surface area (Å²) >= 11 is 3.11. The molecule has 1 aromatic rings. The third-order valence-electron chi connectivity index (χ3n) is 1.13. The fourth-order valence-electron chi connectivity index (χ4n) is 0.641. The summed E-state index contributed by atoms with van der Waals surface area (Å²) in [6, 6.07) is 3.36. The Morgan fingerprint density at radius 1 is 1.57 bits per heavy atom. The van der Waals surface area contributed by atoms with Gasteiger partial charge in [-0.1, -0.05) is 5.92 Å². The third kappa shape index (κ3) is 4.46. The maximum Gasteiger partial charge on any atom is 0.265 e. The molecule has 0 fully saturated rings. The second-order valence-corrected chi connectivity index (χ2v) is 4.80. The molecule has 0 bridgehead atoms. The minimum Gasteiger partial charge on any atom is -0.441 e. The molecule has 0 aliphatic carbocycles. The highest BCUT2D eigenvalue weighted by Gasteiger charge is 1.98. The van der Waals surface area contributed by atoms with Crippen LogP contribution in [0.5, 0.6) is 0 Å². The van der Waals surface area contributed by atoms with Crippen LogP contribution in [0, 0.1) is 11.8 Å². The molecule has 0 aliphatic rings. The smallest absolute Gasteiger partial charge is 0.265 e. The van der Waals surface area contributed by atoms with Crippen LogP contribution in [0.15, 0.2) is 21.2 Å². The lowest BCUT2D eigenvalue weighted by atomic mass is 10.4. The Morgan fingerprint density at radius 3 is 2.79 bits per heavy atom. The zero-order valence-electron chi connectivity index (χ0n) is 7.28. The Hall–Kier alpha value is -0.770. The van der Waals surface area contributed by atoms with Gasteiger partial charge >= 0.3 is 0 Å². The molecular weight excluding hydrogens is 272 g/mol. The van der Waals surface area contributed by atoms with Gasteiger partial charge in [-0.2, -0.15) is 8.42 Å². The second-order valence-electron chi connectivity index (χ2n) is 2.37. The lowest BCUT2D eigenvalue weighted by molar-refractivity contribution is 0.367. The molecule has 0 unspecified atom stereocenters. The summed E-state index contributed by atoms with van der Waals surface area (Å²) in [5.74, 6) is 5.56. The SMILES string of the molecule is CS(=O)(=O)OCC#Cc1ccc(Br)o1. The van der Waals surface area contributed by atoms with Crippen LogP contribution >= 0.6 is 15.9 Å². The van der Waals surface area contributed by atoms with Crippen molar-refractivity contribution in [2.75, 3.05) is 12.9 Å². The van der Waals surface area contributed by atoms with E-state index in [2.05, 4.69) is 32.0 Å². The number of hydrogen-bond acceptors (Lipinski definition) is 4. The van der Waals surface area contributed by atoms with Crippen LogP contribution in [0.3, 0.4) is 0 Å². The lowest BCUT2D eigenvalue weighted by Crippen LogP contribution is -2.02. The lowest BCUT2D eigenvalue weighted by Gasteiger charge is -1.91. The highest BCUT2D eigenvalue weighted by Crippen LogP contribution is 2.12. The van der Waals surface area contributed by atoms with Crippen LogP contribution in [0.2, 0.25) is 0 Å². The summed E-state index contributed by atoms with van der Waals surface area (Å²) in [6.07, 6.45) is 0.970. The molecular formula is C8H7BrO4S. The molecule has 6 heteroatoms. The van der Waals surface area contributed by atoms with Crippen molar-refractivity contribution in [3.8, 4) is 11.8 Å². The first-order valence-corrected chi connectivity index (χ1v) is 6.17. The van der Waals surface area contributed by atoms with Crippen molar-refractivity contribution in [3.05, 3.63) is 22.6 Å². The second kappa shape index (κ2) is 4.64. The molecule has 1 aromatic heterocycles. The predicted molar refractivity (Wildman–Crippen MR) is 54.1 cm³/mol. The monoisotopic (exact) mass is 278 g/mol.